The first-order valence-corrected chi connectivity index (χ1v) is 7.98. The van der Waals surface area contributed by atoms with Crippen molar-refractivity contribution in [3.05, 3.63) is 52.2 Å². The number of hydrogen-bond donors (Lipinski definition) is 1. The molecule has 1 aromatic carbocycles. The molecule has 23 heavy (non-hydrogen) atoms. The zero-order valence-electron chi connectivity index (χ0n) is 12.1. The Kier molecular flexibility index (Phi) is 4.22. The highest BCUT2D eigenvalue weighted by atomic mass is 32.1. The van der Waals surface area contributed by atoms with Crippen molar-refractivity contribution in [1.29, 1.82) is 0 Å². The molecule has 116 valence electrons. The number of nitrogens with one attached hydrogen (secondary N) is 1. The van der Waals surface area contributed by atoms with Gasteiger partial charge in [-0.2, -0.15) is 0 Å². The number of carbonyl (C=O) groups excluding carboxylic acids is 2. The van der Waals surface area contributed by atoms with E-state index >= 15 is 0 Å². The Balaban J connectivity index is 2.01. The number of ether oxygens (including phenoxy) is 1. The summed E-state index contributed by atoms with van der Waals surface area (Å²) < 4.78 is 5.17. The fourth-order valence-electron chi connectivity index (χ4n) is 2.16. The van der Waals surface area contributed by atoms with Crippen LogP contribution in [-0.2, 0) is 9.59 Å². The zero-order valence-corrected chi connectivity index (χ0v) is 13.7. The van der Waals surface area contributed by atoms with Gasteiger partial charge in [-0.15, -0.1) is 11.3 Å². The lowest BCUT2D eigenvalue weighted by Crippen LogP contribution is -2.54. The van der Waals surface area contributed by atoms with Crippen molar-refractivity contribution in [3.63, 3.8) is 0 Å². The Bertz CT molecular complexity index is 812. The number of thiocarbonyl (C=S) groups is 1. The van der Waals surface area contributed by atoms with Crippen molar-refractivity contribution < 1.29 is 14.3 Å². The average molecular weight is 344 g/mol. The molecular formula is C16H12N2O3S2. The SMILES string of the molecule is COc1cccc(N2C(=O)/C(=C/c3cccs3)C(=O)NC2=S)c1. The largest absolute Gasteiger partial charge is 0.497 e. The molecule has 2 amide bonds. The highest BCUT2D eigenvalue weighted by molar-refractivity contribution is 7.80. The molecule has 5 nitrogen and oxygen atoms in total. The van der Waals surface area contributed by atoms with E-state index in [1.165, 1.54) is 16.2 Å². The standard InChI is InChI=1S/C16H12N2O3S2/c1-21-11-5-2-4-10(8-11)18-15(20)13(14(19)17-16(18)22)9-12-6-3-7-23-12/h2-9H,1H3,(H,17,19,22)/b13-9+. The summed E-state index contributed by atoms with van der Waals surface area (Å²) in [6.45, 7) is 0. The Hall–Kier alpha value is -2.51. The number of carbonyl (C=O) groups is 2. The molecule has 0 unspecified atom stereocenters. The molecule has 1 N–H and O–H groups in total. The molecule has 2 aromatic rings. The maximum atomic E-state index is 12.7. The van der Waals surface area contributed by atoms with E-state index < -0.39 is 11.8 Å². The summed E-state index contributed by atoms with van der Waals surface area (Å²) in [5, 5.41) is 4.48. The third kappa shape index (κ3) is 3.01. The Morgan fingerprint density at radius 3 is 2.78 bits per heavy atom. The molecule has 1 aromatic heterocycles. The number of amides is 2. The minimum absolute atomic E-state index is 0.0452. The van der Waals surface area contributed by atoms with E-state index in [0.29, 0.717) is 11.4 Å². The minimum Gasteiger partial charge on any atom is -0.497 e. The summed E-state index contributed by atoms with van der Waals surface area (Å²) in [5.41, 5.74) is 0.584. The second kappa shape index (κ2) is 6.31. The predicted molar refractivity (Wildman–Crippen MR) is 93.5 cm³/mol. The van der Waals surface area contributed by atoms with Gasteiger partial charge >= 0.3 is 0 Å². The number of methoxy groups -OCH3 is 1. The van der Waals surface area contributed by atoms with Gasteiger partial charge < -0.3 is 4.74 Å². The van der Waals surface area contributed by atoms with Crippen molar-refractivity contribution in [3.8, 4) is 5.75 Å². The van der Waals surface area contributed by atoms with Crippen LogP contribution in [0.2, 0.25) is 0 Å². The monoisotopic (exact) mass is 344 g/mol. The first-order chi connectivity index (χ1) is 11.1. The van der Waals surface area contributed by atoms with Crippen LogP contribution in [0.15, 0.2) is 47.4 Å². The second-order valence-electron chi connectivity index (χ2n) is 4.67. The van der Waals surface area contributed by atoms with E-state index in [9.17, 15) is 9.59 Å². The van der Waals surface area contributed by atoms with E-state index in [0.717, 1.165) is 4.88 Å². The molecule has 0 radical (unpaired) electrons. The molecule has 1 aliphatic heterocycles. The average Bonchev–Trinajstić information content (AvgIpc) is 3.04. The maximum Gasteiger partial charge on any atom is 0.270 e. The maximum absolute atomic E-state index is 12.7. The van der Waals surface area contributed by atoms with Crippen LogP contribution in [0.3, 0.4) is 0 Å². The van der Waals surface area contributed by atoms with E-state index in [1.807, 2.05) is 17.5 Å². The molecule has 7 heteroatoms. The smallest absolute Gasteiger partial charge is 0.270 e. The summed E-state index contributed by atoms with van der Waals surface area (Å²) in [4.78, 5) is 27.0. The van der Waals surface area contributed by atoms with Crippen LogP contribution >= 0.6 is 23.6 Å². The summed E-state index contributed by atoms with van der Waals surface area (Å²) in [6, 6.07) is 10.6. The van der Waals surface area contributed by atoms with Gasteiger partial charge in [0.15, 0.2) is 5.11 Å². The highest BCUT2D eigenvalue weighted by Gasteiger charge is 2.34. The topological polar surface area (TPSA) is 58.6 Å². The van der Waals surface area contributed by atoms with E-state index in [-0.39, 0.29) is 10.7 Å². The van der Waals surface area contributed by atoms with Crippen molar-refractivity contribution in [2.75, 3.05) is 12.0 Å². The molecule has 1 aliphatic rings. The van der Waals surface area contributed by atoms with Gasteiger partial charge in [0, 0.05) is 10.9 Å². The molecule has 2 heterocycles. The third-order valence-corrected chi connectivity index (χ3v) is 4.35. The van der Waals surface area contributed by atoms with Gasteiger partial charge in [-0.05, 0) is 41.9 Å². The Morgan fingerprint density at radius 1 is 1.26 bits per heavy atom. The molecule has 0 bridgehead atoms. The Morgan fingerprint density at radius 2 is 2.09 bits per heavy atom. The van der Waals surface area contributed by atoms with Crippen molar-refractivity contribution in [2.24, 2.45) is 0 Å². The number of hydrogen-bond acceptors (Lipinski definition) is 5. The molecule has 0 aliphatic carbocycles. The second-order valence-corrected chi connectivity index (χ2v) is 6.04. The predicted octanol–water partition coefficient (Wildman–Crippen LogP) is 2.59. The van der Waals surface area contributed by atoms with Crippen LogP contribution in [0.4, 0.5) is 5.69 Å². The fourth-order valence-corrected chi connectivity index (χ4v) is 3.10. The van der Waals surface area contributed by atoms with Crippen LogP contribution in [-0.4, -0.2) is 24.0 Å². The van der Waals surface area contributed by atoms with E-state index in [1.54, 1.807) is 37.5 Å². The molecule has 3 rings (SSSR count). The number of thiophene rings is 1. The first kappa shape index (κ1) is 15.4. The van der Waals surface area contributed by atoms with Gasteiger partial charge in [0.05, 0.1) is 12.8 Å². The molecular weight excluding hydrogens is 332 g/mol. The first-order valence-electron chi connectivity index (χ1n) is 6.69. The lowest BCUT2D eigenvalue weighted by Gasteiger charge is -2.29. The number of benzene rings is 1. The summed E-state index contributed by atoms with van der Waals surface area (Å²) in [5.74, 6) is -0.355. The van der Waals surface area contributed by atoms with Crippen LogP contribution in [0.1, 0.15) is 4.88 Å². The van der Waals surface area contributed by atoms with Crippen molar-refractivity contribution in [1.82, 2.24) is 5.32 Å². The molecule has 0 saturated carbocycles. The normalized spacial score (nSPS) is 16.7. The number of anilines is 1. The molecule has 1 saturated heterocycles. The lowest BCUT2D eigenvalue weighted by molar-refractivity contribution is -0.122. The summed E-state index contributed by atoms with van der Waals surface area (Å²) in [6.07, 6.45) is 1.57. The third-order valence-electron chi connectivity index (χ3n) is 3.24. The fraction of sp³-hybridized carbons (Fsp3) is 0.0625. The van der Waals surface area contributed by atoms with Gasteiger partial charge in [-0.1, -0.05) is 12.1 Å². The Labute approximate surface area is 142 Å². The zero-order chi connectivity index (χ0) is 16.4. The van der Waals surface area contributed by atoms with Crippen LogP contribution in [0.5, 0.6) is 5.75 Å². The summed E-state index contributed by atoms with van der Waals surface area (Å²) in [7, 11) is 1.54. The van der Waals surface area contributed by atoms with Gasteiger partial charge in [-0.25, -0.2) is 0 Å². The van der Waals surface area contributed by atoms with Crippen LogP contribution < -0.4 is 15.0 Å². The van der Waals surface area contributed by atoms with E-state index in [2.05, 4.69) is 5.32 Å². The molecule has 0 atom stereocenters. The minimum atomic E-state index is -0.493. The molecule has 1 fully saturated rings. The van der Waals surface area contributed by atoms with E-state index in [4.69, 9.17) is 17.0 Å². The van der Waals surface area contributed by atoms with Crippen LogP contribution in [0.25, 0.3) is 6.08 Å². The van der Waals surface area contributed by atoms with Crippen molar-refractivity contribution >= 4 is 52.2 Å². The van der Waals surface area contributed by atoms with Gasteiger partial charge in [0.25, 0.3) is 11.8 Å². The quantitative estimate of drug-likeness (QED) is 0.528. The van der Waals surface area contributed by atoms with Gasteiger partial charge in [-0.3, -0.25) is 19.8 Å². The van der Waals surface area contributed by atoms with Crippen molar-refractivity contribution in [2.45, 2.75) is 0 Å². The number of rotatable bonds is 3. The van der Waals surface area contributed by atoms with Gasteiger partial charge in [0.1, 0.15) is 11.3 Å². The number of nitrogens with zero attached hydrogens (tertiary/aromatic N) is 1. The highest BCUT2D eigenvalue weighted by Crippen LogP contribution is 2.26. The van der Waals surface area contributed by atoms with Gasteiger partial charge in [0.2, 0.25) is 0 Å². The lowest BCUT2D eigenvalue weighted by atomic mass is 10.1. The molecule has 0 spiro atoms. The summed E-state index contributed by atoms with van der Waals surface area (Å²) >= 11 is 6.60. The van der Waals surface area contributed by atoms with Crippen LogP contribution in [0, 0.1) is 0 Å².